The van der Waals surface area contributed by atoms with E-state index in [1.165, 1.54) is 0 Å². The standard InChI is InChI=1S/C9H11BrN4O/c10-8-5-14-4-6(7(15)1-2-11)13-9(14)3-12-8/h3-5,7,15H,1-2,11H2. The van der Waals surface area contributed by atoms with E-state index in [-0.39, 0.29) is 0 Å². The predicted octanol–water partition coefficient (Wildman–Crippen LogP) is 0.874. The molecule has 0 aromatic carbocycles. The first kappa shape index (κ1) is 10.5. The average Bonchev–Trinajstić information content (AvgIpc) is 2.60. The molecule has 80 valence electrons. The van der Waals surface area contributed by atoms with E-state index < -0.39 is 6.10 Å². The van der Waals surface area contributed by atoms with Gasteiger partial charge in [0.2, 0.25) is 0 Å². The number of nitrogens with zero attached hydrogens (tertiary/aromatic N) is 3. The highest BCUT2D eigenvalue weighted by atomic mass is 79.9. The topological polar surface area (TPSA) is 76.4 Å². The molecule has 2 heterocycles. The minimum absolute atomic E-state index is 0.441. The number of hydrogen-bond donors (Lipinski definition) is 2. The minimum atomic E-state index is -0.603. The van der Waals surface area contributed by atoms with Crippen LogP contribution in [0.5, 0.6) is 0 Å². The fourth-order valence-electron chi connectivity index (χ4n) is 1.36. The molecule has 1 unspecified atom stereocenters. The van der Waals surface area contributed by atoms with Gasteiger partial charge in [0, 0.05) is 12.4 Å². The molecule has 5 nitrogen and oxygen atoms in total. The molecule has 6 heteroatoms. The van der Waals surface area contributed by atoms with Crippen molar-refractivity contribution in [1.29, 1.82) is 0 Å². The predicted molar refractivity (Wildman–Crippen MR) is 59.3 cm³/mol. The van der Waals surface area contributed by atoms with Crippen molar-refractivity contribution in [2.75, 3.05) is 6.54 Å². The first-order chi connectivity index (χ1) is 7.20. The van der Waals surface area contributed by atoms with E-state index in [9.17, 15) is 5.11 Å². The molecule has 0 spiro atoms. The molecule has 3 N–H and O–H groups in total. The lowest BCUT2D eigenvalue weighted by Gasteiger charge is -2.03. The summed E-state index contributed by atoms with van der Waals surface area (Å²) in [4.78, 5) is 8.30. The number of aromatic nitrogens is 3. The van der Waals surface area contributed by atoms with Crippen LogP contribution in [0.1, 0.15) is 18.2 Å². The van der Waals surface area contributed by atoms with Crippen molar-refractivity contribution >= 4 is 21.6 Å². The van der Waals surface area contributed by atoms with E-state index in [1.807, 2.05) is 4.40 Å². The van der Waals surface area contributed by atoms with Gasteiger partial charge >= 0.3 is 0 Å². The first-order valence-electron chi connectivity index (χ1n) is 4.59. The van der Waals surface area contributed by atoms with Crippen LogP contribution in [0.25, 0.3) is 5.65 Å². The highest BCUT2D eigenvalue weighted by Gasteiger charge is 2.11. The third-order valence-electron chi connectivity index (χ3n) is 2.11. The molecule has 2 aromatic heterocycles. The van der Waals surface area contributed by atoms with Gasteiger partial charge < -0.3 is 15.2 Å². The van der Waals surface area contributed by atoms with Gasteiger partial charge in [0.25, 0.3) is 0 Å². The van der Waals surface area contributed by atoms with Gasteiger partial charge in [0.15, 0.2) is 5.65 Å². The zero-order chi connectivity index (χ0) is 10.8. The third kappa shape index (κ3) is 2.17. The number of aliphatic hydroxyl groups excluding tert-OH is 1. The van der Waals surface area contributed by atoms with E-state index in [1.54, 1.807) is 18.6 Å². The lowest BCUT2D eigenvalue weighted by atomic mass is 10.2. The number of fused-ring (bicyclic) bond motifs is 1. The molecular formula is C9H11BrN4O. The van der Waals surface area contributed by atoms with Crippen LogP contribution in [-0.4, -0.2) is 26.0 Å². The highest BCUT2D eigenvalue weighted by Crippen LogP contribution is 2.16. The summed E-state index contributed by atoms with van der Waals surface area (Å²) >= 11 is 3.27. The maximum Gasteiger partial charge on any atom is 0.155 e. The Hall–Kier alpha value is -0.980. The fourth-order valence-corrected chi connectivity index (χ4v) is 1.68. The molecule has 1 atom stereocenters. The molecule has 15 heavy (non-hydrogen) atoms. The highest BCUT2D eigenvalue weighted by molar-refractivity contribution is 9.10. The smallest absolute Gasteiger partial charge is 0.155 e. The average molecular weight is 271 g/mol. The van der Waals surface area contributed by atoms with Crippen molar-refractivity contribution in [3.63, 3.8) is 0 Å². The van der Waals surface area contributed by atoms with Gasteiger partial charge in [0.1, 0.15) is 4.60 Å². The summed E-state index contributed by atoms with van der Waals surface area (Å²) in [6, 6.07) is 0. The zero-order valence-electron chi connectivity index (χ0n) is 7.97. The largest absolute Gasteiger partial charge is 0.387 e. The molecule has 2 rings (SSSR count). The van der Waals surface area contributed by atoms with Gasteiger partial charge in [-0.1, -0.05) is 0 Å². The molecule has 2 aromatic rings. The van der Waals surface area contributed by atoms with Gasteiger partial charge in [-0.15, -0.1) is 0 Å². The molecule has 0 bridgehead atoms. The van der Waals surface area contributed by atoms with Crippen molar-refractivity contribution in [2.24, 2.45) is 5.73 Å². The molecule has 0 radical (unpaired) electrons. The van der Waals surface area contributed by atoms with Gasteiger partial charge in [-0.25, -0.2) is 9.97 Å². The zero-order valence-corrected chi connectivity index (χ0v) is 9.55. The van der Waals surface area contributed by atoms with Crippen LogP contribution in [0, 0.1) is 0 Å². The Morgan fingerprint density at radius 2 is 2.33 bits per heavy atom. The Labute approximate surface area is 95.1 Å². The molecule has 0 saturated carbocycles. The Morgan fingerprint density at radius 1 is 1.53 bits per heavy atom. The van der Waals surface area contributed by atoms with Crippen LogP contribution in [0.2, 0.25) is 0 Å². The number of hydrogen-bond acceptors (Lipinski definition) is 4. The van der Waals surface area contributed by atoms with Crippen LogP contribution < -0.4 is 5.73 Å². The molecular weight excluding hydrogens is 260 g/mol. The van der Waals surface area contributed by atoms with E-state index in [0.29, 0.717) is 24.3 Å². The summed E-state index contributed by atoms with van der Waals surface area (Å²) in [6.07, 6.45) is 5.12. The van der Waals surface area contributed by atoms with Gasteiger partial charge in [-0.3, -0.25) is 0 Å². The maximum atomic E-state index is 9.70. The van der Waals surface area contributed by atoms with Crippen molar-refractivity contribution < 1.29 is 5.11 Å². The summed E-state index contributed by atoms with van der Waals surface area (Å²) in [5, 5.41) is 9.70. The number of imidazole rings is 1. The second-order valence-corrected chi connectivity index (χ2v) is 4.05. The van der Waals surface area contributed by atoms with Crippen molar-refractivity contribution in [3.05, 3.63) is 28.9 Å². The quantitative estimate of drug-likeness (QED) is 0.868. The minimum Gasteiger partial charge on any atom is -0.387 e. The molecule has 0 fully saturated rings. The maximum absolute atomic E-state index is 9.70. The van der Waals surface area contributed by atoms with Gasteiger partial charge in [-0.05, 0) is 28.9 Å². The number of halogens is 1. The van der Waals surface area contributed by atoms with E-state index in [2.05, 4.69) is 25.9 Å². The Kier molecular flexibility index (Phi) is 2.99. The van der Waals surface area contributed by atoms with Crippen LogP contribution >= 0.6 is 15.9 Å². The second-order valence-electron chi connectivity index (χ2n) is 3.23. The van der Waals surface area contributed by atoms with Crippen molar-refractivity contribution in [1.82, 2.24) is 14.4 Å². The lowest BCUT2D eigenvalue weighted by Crippen LogP contribution is -2.06. The van der Waals surface area contributed by atoms with Gasteiger partial charge in [0.05, 0.1) is 18.0 Å². The number of aliphatic hydroxyl groups is 1. The van der Waals surface area contributed by atoms with E-state index in [0.717, 1.165) is 4.60 Å². The van der Waals surface area contributed by atoms with E-state index >= 15 is 0 Å². The number of rotatable bonds is 3. The van der Waals surface area contributed by atoms with Crippen LogP contribution in [0.4, 0.5) is 0 Å². The summed E-state index contributed by atoms with van der Waals surface area (Å²) in [7, 11) is 0. The molecule has 0 saturated heterocycles. The fraction of sp³-hybridized carbons (Fsp3) is 0.333. The Balaban J connectivity index is 2.38. The molecule has 0 amide bonds. The first-order valence-corrected chi connectivity index (χ1v) is 5.38. The van der Waals surface area contributed by atoms with Crippen LogP contribution in [0.15, 0.2) is 23.2 Å². The van der Waals surface area contributed by atoms with Gasteiger partial charge in [-0.2, -0.15) is 0 Å². The van der Waals surface area contributed by atoms with Crippen molar-refractivity contribution in [3.8, 4) is 0 Å². The molecule has 0 aliphatic carbocycles. The molecule has 0 aliphatic heterocycles. The SMILES string of the molecule is NCCC(O)c1cn2cc(Br)ncc2n1. The summed E-state index contributed by atoms with van der Waals surface area (Å²) in [6.45, 7) is 0.441. The third-order valence-corrected chi connectivity index (χ3v) is 2.52. The molecule has 0 aliphatic rings. The normalized spacial score (nSPS) is 13.3. The summed E-state index contributed by atoms with van der Waals surface area (Å²) in [5.41, 5.74) is 6.71. The summed E-state index contributed by atoms with van der Waals surface area (Å²) < 4.78 is 2.54. The lowest BCUT2D eigenvalue weighted by molar-refractivity contribution is 0.166. The number of nitrogens with two attached hydrogens (primary N) is 1. The van der Waals surface area contributed by atoms with Crippen LogP contribution in [0.3, 0.4) is 0 Å². The monoisotopic (exact) mass is 270 g/mol. The van der Waals surface area contributed by atoms with Crippen LogP contribution in [-0.2, 0) is 0 Å². The van der Waals surface area contributed by atoms with E-state index in [4.69, 9.17) is 5.73 Å². The Morgan fingerprint density at radius 3 is 3.07 bits per heavy atom. The van der Waals surface area contributed by atoms with Crippen molar-refractivity contribution in [2.45, 2.75) is 12.5 Å². The Bertz CT molecular complexity index is 470. The second kappa shape index (κ2) is 4.26. The summed E-state index contributed by atoms with van der Waals surface area (Å²) in [5.74, 6) is 0.